The Morgan fingerprint density at radius 2 is 2.05 bits per heavy atom. The molecule has 0 atom stereocenters. The number of alkyl halides is 3. The van der Waals surface area contributed by atoms with Gasteiger partial charge in [-0.25, -0.2) is 0 Å². The molecule has 0 aliphatic rings. The van der Waals surface area contributed by atoms with Gasteiger partial charge >= 0.3 is 6.18 Å². The molecule has 1 N–H and O–H groups in total. The predicted molar refractivity (Wildman–Crippen MR) is 75.2 cm³/mol. The van der Waals surface area contributed by atoms with E-state index in [1.54, 1.807) is 6.07 Å². The van der Waals surface area contributed by atoms with Crippen LogP contribution in [0.4, 0.5) is 18.3 Å². The highest BCUT2D eigenvalue weighted by molar-refractivity contribution is 8.00. The lowest BCUT2D eigenvalue weighted by atomic mass is 10.1. The topological polar surface area (TPSA) is 54.9 Å². The zero-order valence-electron chi connectivity index (χ0n) is 10.8. The van der Waals surface area contributed by atoms with Crippen molar-refractivity contribution in [2.24, 2.45) is 0 Å². The summed E-state index contributed by atoms with van der Waals surface area (Å²) in [7, 11) is 0. The summed E-state index contributed by atoms with van der Waals surface area (Å²) < 4.78 is 39.0. The summed E-state index contributed by atoms with van der Waals surface area (Å²) in [5.74, 6) is -0.144. The fraction of sp³-hybridized carbons (Fsp3) is 0.250. The van der Waals surface area contributed by atoms with Gasteiger partial charge < -0.3 is 5.32 Å². The molecule has 0 bridgehead atoms. The predicted octanol–water partition coefficient (Wildman–Crippen LogP) is 3.81. The molecule has 0 saturated heterocycles. The number of aromatic nitrogens is 2. The third-order valence-electron chi connectivity index (χ3n) is 2.36. The van der Waals surface area contributed by atoms with E-state index in [1.807, 2.05) is 0 Å². The first-order valence-corrected chi connectivity index (χ1v) is 7.55. The number of anilines is 1. The Labute approximate surface area is 126 Å². The van der Waals surface area contributed by atoms with Crippen LogP contribution >= 0.6 is 23.1 Å². The number of benzene rings is 1. The Kier molecular flexibility index (Phi) is 4.84. The van der Waals surface area contributed by atoms with Crippen LogP contribution < -0.4 is 5.32 Å². The molecule has 2 rings (SSSR count). The molecule has 0 fully saturated rings. The van der Waals surface area contributed by atoms with E-state index in [9.17, 15) is 18.0 Å². The monoisotopic (exact) mass is 333 g/mol. The molecule has 0 aliphatic carbocycles. The van der Waals surface area contributed by atoms with Crippen molar-refractivity contribution in [3.8, 4) is 0 Å². The van der Waals surface area contributed by atoms with E-state index in [-0.39, 0.29) is 17.2 Å². The molecule has 1 amide bonds. The number of carbonyl (C=O) groups excluding carboxylic acids is 1. The van der Waals surface area contributed by atoms with Crippen molar-refractivity contribution < 1.29 is 18.0 Å². The molecular formula is C12H10F3N3OS2. The van der Waals surface area contributed by atoms with Gasteiger partial charge in [0.15, 0.2) is 4.34 Å². The van der Waals surface area contributed by atoms with Gasteiger partial charge in [0.05, 0.1) is 5.56 Å². The summed E-state index contributed by atoms with van der Waals surface area (Å²) in [4.78, 5) is 10.9. The summed E-state index contributed by atoms with van der Waals surface area (Å²) in [5.41, 5.74) is -0.463. The molecule has 9 heteroatoms. The summed E-state index contributed by atoms with van der Waals surface area (Å²) >= 11 is 2.27. The highest BCUT2D eigenvalue weighted by Gasteiger charge is 2.32. The third kappa shape index (κ3) is 4.43. The Morgan fingerprint density at radius 3 is 2.71 bits per heavy atom. The fourth-order valence-electron chi connectivity index (χ4n) is 1.53. The van der Waals surface area contributed by atoms with Crippen LogP contribution in [0.25, 0.3) is 0 Å². The van der Waals surface area contributed by atoms with E-state index in [0.717, 1.165) is 29.2 Å². The lowest BCUT2D eigenvalue weighted by molar-refractivity contribution is -0.138. The van der Waals surface area contributed by atoms with Crippen molar-refractivity contribution in [3.63, 3.8) is 0 Å². The van der Waals surface area contributed by atoms with E-state index >= 15 is 0 Å². The largest absolute Gasteiger partial charge is 0.416 e. The maximum Gasteiger partial charge on any atom is 0.416 e. The van der Waals surface area contributed by atoms with Crippen molar-refractivity contribution in [2.45, 2.75) is 23.2 Å². The lowest BCUT2D eigenvalue weighted by Gasteiger charge is -2.11. The van der Waals surface area contributed by atoms with E-state index in [0.29, 0.717) is 9.47 Å². The van der Waals surface area contributed by atoms with Gasteiger partial charge in [0, 0.05) is 12.7 Å². The van der Waals surface area contributed by atoms with Crippen molar-refractivity contribution in [1.82, 2.24) is 10.2 Å². The van der Waals surface area contributed by atoms with E-state index in [4.69, 9.17) is 0 Å². The summed E-state index contributed by atoms with van der Waals surface area (Å²) in [6.07, 6.45) is -4.38. The van der Waals surface area contributed by atoms with Gasteiger partial charge in [-0.05, 0) is 11.6 Å². The second-order valence-corrected chi connectivity index (χ2v) is 6.20. The average Bonchev–Trinajstić information content (AvgIpc) is 2.82. The molecule has 2 aromatic rings. The number of carbonyl (C=O) groups is 1. The van der Waals surface area contributed by atoms with Gasteiger partial charge in [-0.2, -0.15) is 13.2 Å². The molecule has 112 valence electrons. The molecule has 0 radical (unpaired) electrons. The molecule has 0 spiro atoms. The minimum Gasteiger partial charge on any atom is -0.301 e. The molecular weight excluding hydrogens is 323 g/mol. The Hall–Kier alpha value is -1.61. The number of halogens is 3. The van der Waals surface area contributed by atoms with Crippen molar-refractivity contribution >= 4 is 34.1 Å². The highest BCUT2D eigenvalue weighted by Crippen LogP contribution is 2.35. The van der Waals surface area contributed by atoms with Gasteiger partial charge in [-0.15, -0.1) is 10.2 Å². The van der Waals surface area contributed by atoms with Gasteiger partial charge in [0.1, 0.15) is 0 Å². The van der Waals surface area contributed by atoms with Crippen LogP contribution in [0, 0.1) is 0 Å². The Balaban J connectivity index is 2.07. The fourth-order valence-corrected chi connectivity index (χ4v) is 3.33. The molecule has 0 unspecified atom stereocenters. The molecule has 4 nitrogen and oxygen atoms in total. The van der Waals surface area contributed by atoms with Crippen LogP contribution in [0.2, 0.25) is 0 Å². The summed E-state index contributed by atoms with van der Waals surface area (Å²) in [6.45, 7) is 1.34. The lowest BCUT2D eigenvalue weighted by Crippen LogP contribution is -2.08. The summed E-state index contributed by atoms with van der Waals surface area (Å²) in [5, 5.41) is 10.3. The van der Waals surface area contributed by atoms with Crippen LogP contribution in [0.15, 0.2) is 28.6 Å². The SMILES string of the molecule is CC(=O)Nc1nnc(SCc2ccccc2C(F)(F)F)s1. The second-order valence-electron chi connectivity index (χ2n) is 4.00. The van der Waals surface area contributed by atoms with Crippen LogP contribution in [-0.2, 0) is 16.7 Å². The third-order valence-corrected chi connectivity index (χ3v) is 4.38. The quantitative estimate of drug-likeness (QED) is 0.683. The number of amides is 1. The maximum atomic E-state index is 12.8. The number of hydrogen-bond donors (Lipinski definition) is 1. The number of hydrogen-bond acceptors (Lipinski definition) is 5. The molecule has 1 aromatic heterocycles. The molecule has 0 aliphatic heterocycles. The first kappa shape index (κ1) is 15.8. The number of nitrogens with zero attached hydrogens (tertiary/aromatic N) is 2. The van der Waals surface area contributed by atoms with Crippen LogP contribution in [0.3, 0.4) is 0 Å². The van der Waals surface area contributed by atoms with Crippen molar-refractivity contribution in [2.75, 3.05) is 5.32 Å². The number of rotatable bonds is 4. The minimum absolute atomic E-state index is 0.129. The molecule has 1 aromatic carbocycles. The molecule has 1 heterocycles. The standard InChI is InChI=1S/C12H10F3N3OS2/c1-7(19)16-10-17-18-11(21-10)20-6-8-4-2-3-5-9(8)12(13,14)15/h2-5H,6H2,1H3,(H,16,17,19). The minimum atomic E-state index is -4.38. The van der Waals surface area contributed by atoms with Gasteiger partial charge in [-0.3, -0.25) is 4.79 Å². The van der Waals surface area contributed by atoms with Crippen molar-refractivity contribution in [3.05, 3.63) is 35.4 Å². The van der Waals surface area contributed by atoms with Crippen LogP contribution in [0.5, 0.6) is 0 Å². The van der Waals surface area contributed by atoms with Crippen LogP contribution in [-0.4, -0.2) is 16.1 Å². The summed E-state index contributed by atoms with van der Waals surface area (Å²) in [6, 6.07) is 5.41. The zero-order chi connectivity index (χ0) is 15.5. The maximum absolute atomic E-state index is 12.8. The second kappa shape index (κ2) is 6.44. The number of nitrogens with one attached hydrogen (secondary N) is 1. The van der Waals surface area contributed by atoms with E-state index < -0.39 is 11.7 Å². The smallest absolute Gasteiger partial charge is 0.301 e. The van der Waals surface area contributed by atoms with Crippen molar-refractivity contribution in [1.29, 1.82) is 0 Å². The zero-order valence-corrected chi connectivity index (χ0v) is 12.4. The van der Waals surface area contributed by atoms with Crippen LogP contribution in [0.1, 0.15) is 18.1 Å². The molecule has 0 saturated carbocycles. The normalized spacial score (nSPS) is 11.4. The van der Waals surface area contributed by atoms with Gasteiger partial charge in [-0.1, -0.05) is 41.3 Å². The molecule has 21 heavy (non-hydrogen) atoms. The number of thioether (sulfide) groups is 1. The van der Waals surface area contributed by atoms with E-state index in [2.05, 4.69) is 15.5 Å². The Morgan fingerprint density at radius 1 is 1.33 bits per heavy atom. The average molecular weight is 333 g/mol. The first-order chi connectivity index (χ1) is 9.86. The van der Waals surface area contributed by atoms with E-state index in [1.165, 1.54) is 19.1 Å². The van der Waals surface area contributed by atoms with Gasteiger partial charge in [0.2, 0.25) is 11.0 Å². The Bertz CT molecular complexity index is 643. The first-order valence-electron chi connectivity index (χ1n) is 5.75. The van der Waals surface area contributed by atoms with Gasteiger partial charge in [0.25, 0.3) is 0 Å². The highest BCUT2D eigenvalue weighted by atomic mass is 32.2.